The summed E-state index contributed by atoms with van der Waals surface area (Å²) in [6, 6.07) is 3.96. The van der Waals surface area contributed by atoms with Gasteiger partial charge in [-0.3, -0.25) is 4.79 Å². The number of hydrogen-bond donors (Lipinski definition) is 2. The van der Waals surface area contributed by atoms with Crippen molar-refractivity contribution < 1.29 is 13.9 Å². The van der Waals surface area contributed by atoms with Gasteiger partial charge in [-0.15, -0.1) is 0 Å². The molecule has 0 radical (unpaired) electrons. The number of nitrogens with two attached hydrogens (primary N) is 1. The van der Waals surface area contributed by atoms with Crippen LogP contribution in [0.2, 0.25) is 0 Å². The van der Waals surface area contributed by atoms with Crippen molar-refractivity contribution in [3.05, 3.63) is 24.0 Å². The number of carbonyl (C=O) groups is 1. The maximum absolute atomic E-state index is 13.0. The molecule has 0 aromatic heterocycles. The van der Waals surface area contributed by atoms with Crippen LogP contribution < -0.4 is 15.8 Å². The third-order valence-corrected chi connectivity index (χ3v) is 2.04. The highest BCUT2D eigenvalue weighted by Crippen LogP contribution is 2.24. The molecule has 0 saturated heterocycles. The van der Waals surface area contributed by atoms with E-state index in [4.69, 9.17) is 10.5 Å². The van der Waals surface area contributed by atoms with E-state index in [9.17, 15) is 9.18 Å². The number of carbonyl (C=O) groups excluding carboxylic acids is 1. The maximum Gasteiger partial charge on any atom is 0.224 e. The van der Waals surface area contributed by atoms with Crippen molar-refractivity contribution in [1.29, 1.82) is 0 Å². The third-order valence-electron chi connectivity index (χ3n) is 2.04. The number of amides is 1. The molecule has 0 aliphatic heterocycles. The highest BCUT2D eigenvalue weighted by Gasteiger charge is 2.08. The van der Waals surface area contributed by atoms with Crippen LogP contribution in [0.4, 0.5) is 10.1 Å². The number of halogens is 1. The lowest BCUT2D eigenvalue weighted by atomic mass is 10.2. The van der Waals surface area contributed by atoms with Crippen molar-refractivity contribution in [1.82, 2.24) is 0 Å². The summed E-state index contributed by atoms with van der Waals surface area (Å²) < 4.78 is 18.0. The van der Waals surface area contributed by atoms with E-state index in [1.165, 1.54) is 25.3 Å². The molecular formula is C11H15FN2O2. The highest BCUT2D eigenvalue weighted by molar-refractivity contribution is 5.92. The second-order valence-electron chi connectivity index (χ2n) is 3.29. The van der Waals surface area contributed by atoms with E-state index in [0.29, 0.717) is 30.8 Å². The van der Waals surface area contributed by atoms with Crippen molar-refractivity contribution >= 4 is 11.6 Å². The van der Waals surface area contributed by atoms with Gasteiger partial charge in [0.25, 0.3) is 0 Å². The van der Waals surface area contributed by atoms with Crippen LogP contribution in [0.3, 0.4) is 0 Å². The van der Waals surface area contributed by atoms with Crippen molar-refractivity contribution in [3.63, 3.8) is 0 Å². The summed E-state index contributed by atoms with van der Waals surface area (Å²) in [5.41, 5.74) is 5.62. The van der Waals surface area contributed by atoms with Crippen LogP contribution in [-0.2, 0) is 4.79 Å². The van der Waals surface area contributed by atoms with Gasteiger partial charge < -0.3 is 15.8 Å². The van der Waals surface area contributed by atoms with Crippen LogP contribution in [0.5, 0.6) is 5.75 Å². The number of ether oxygens (including phenoxy) is 1. The maximum atomic E-state index is 13.0. The second kappa shape index (κ2) is 6.07. The minimum absolute atomic E-state index is 0.200. The van der Waals surface area contributed by atoms with Crippen LogP contribution in [0.1, 0.15) is 12.8 Å². The summed E-state index contributed by atoms with van der Waals surface area (Å²) in [6.45, 7) is 0.452. The summed E-state index contributed by atoms with van der Waals surface area (Å²) in [5, 5.41) is 2.58. The van der Waals surface area contributed by atoms with Crippen LogP contribution >= 0.6 is 0 Å². The van der Waals surface area contributed by atoms with E-state index in [1.807, 2.05) is 0 Å². The Morgan fingerprint density at radius 2 is 2.31 bits per heavy atom. The summed E-state index contributed by atoms with van der Waals surface area (Å²) in [5.74, 6) is -0.188. The first kappa shape index (κ1) is 12.4. The van der Waals surface area contributed by atoms with Crippen molar-refractivity contribution in [3.8, 4) is 5.75 Å². The zero-order valence-electron chi connectivity index (χ0n) is 9.13. The Kier molecular flexibility index (Phi) is 4.72. The first-order valence-electron chi connectivity index (χ1n) is 5.01. The van der Waals surface area contributed by atoms with Crippen molar-refractivity contribution in [2.24, 2.45) is 5.73 Å². The van der Waals surface area contributed by atoms with Crippen LogP contribution in [0, 0.1) is 5.82 Å². The van der Waals surface area contributed by atoms with Crippen molar-refractivity contribution in [2.75, 3.05) is 19.0 Å². The van der Waals surface area contributed by atoms with Gasteiger partial charge >= 0.3 is 0 Å². The van der Waals surface area contributed by atoms with Gasteiger partial charge in [0.1, 0.15) is 11.6 Å². The van der Waals surface area contributed by atoms with E-state index in [1.54, 1.807) is 0 Å². The molecule has 16 heavy (non-hydrogen) atoms. The van der Waals surface area contributed by atoms with Gasteiger partial charge in [-0.2, -0.15) is 0 Å². The smallest absolute Gasteiger partial charge is 0.224 e. The standard InChI is InChI=1S/C11H15FN2O2/c1-16-10-5-4-8(12)7-9(10)14-11(15)3-2-6-13/h4-5,7H,2-3,6,13H2,1H3,(H,14,15). The van der Waals surface area contributed by atoms with Gasteiger partial charge in [0.05, 0.1) is 12.8 Å². The molecule has 0 saturated carbocycles. The fourth-order valence-electron chi connectivity index (χ4n) is 1.25. The summed E-state index contributed by atoms with van der Waals surface area (Å²) in [7, 11) is 1.46. The van der Waals surface area contributed by atoms with Gasteiger partial charge in [-0.1, -0.05) is 0 Å². The molecule has 1 rings (SSSR count). The topological polar surface area (TPSA) is 64.3 Å². The van der Waals surface area contributed by atoms with E-state index < -0.39 is 5.82 Å². The molecule has 88 valence electrons. The normalized spacial score (nSPS) is 9.94. The van der Waals surface area contributed by atoms with Gasteiger partial charge in [-0.25, -0.2) is 4.39 Å². The second-order valence-corrected chi connectivity index (χ2v) is 3.29. The third kappa shape index (κ3) is 3.51. The number of rotatable bonds is 5. The average Bonchev–Trinajstić information content (AvgIpc) is 2.27. The zero-order chi connectivity index (χ0) is 12.0. The Hall–Kier alpha value is -1.62. The predicted molar refractivity (Wildman–Crippen MR) is 59.9 cm³/mol. The summed E-state index contributed by atoms with van der Waals surface area (Å²) in [4.78, 5) is 11.4. The average molecular weight is 226 g/mol. The Morgan fingerprint density at radius 3 is 2.94 bits per heavy atom. The highest BCUT2D eigenvalue weighted by atomic mass is 19.1. The first-order valence-corrected chi connectivity index (χ1v) is 5.01. The largest absolute Gasteiger partial charge is 0.495 e. The molecule has 0 fully saturated rings. The minimum atomic E-state index is -0.421. The van der Waals surface area contributed by atoms with Crippen molar-refractivity contribution in [2.45, 2.75) is 12.8 Å². The Balaban J connectivity index is 2.71. The zero-order valence-corrected chi connectivity index (χ0v) is 9.13. The molecule has 1 amide bonds. The lowest BCUT2D eigenvalue weighted by Gasteiger charge is -2.09. The van der Waals surface area contributed by atoms with E-state index >= 15 is 0 Å². The predicted octanol–water partition coefficient (Wildman–Crippen LogP) is 1.51. The number of benzene rings is 1. The lowest BCUT2D eigenvalue weighted by Crippen LogP contribution is -2.14. The van der Waals surface area contributed by atoms with Gasteiger partial charge in [0, 0.05) is 12.5 Å². The number of anilines is 1. The first-order chi connectivity index (χ1) is 7.67. The molecule has 5 heteroatoms. The minimum Gasteiger partial charge on any atom is -0.495 e. The molecule has 0 heterocycles. The Bertz CT molecular complexity index is 369. The van der Waals surface area contributed by atoms with Crippen LogP contribution in [0.15, 0.2) is 18.2 Å². The molecule has 0 bridgehead atoms. The van der Waals surface area contributed by atoms with Crippen LogP contribution in [-0.4, -0.2) is 19.6 Å². The number of nitrogens with one attached hydrogen (secondary N) is 1. The molecule has 0 atom stereocenters. The van der Waals surface area contributed by atoms with E-state index in [-0.39, 0.29) is 5.91 Å². The monoisotopic (exact) mass is 226 g/mol. The molecule has 3 N–H and O–H groups in total. The van der Waals surface area contributed by atoms with E-state index in [2.05, 4.69) is 5.32 Å². The lowest BCUT2D eigenvalue weighted by molar-refractivity contribution is -0.116. The van der Waals surface area contributed by atoms with Gasteiger partial charge in [0.2, 0.25) is 5.91 Å². The molecule has 1 aromatic carbocycles. The molecule has 0 aliphatic carbocycles. The molecule has 0 aliphatic rings. The number of hydrogen-bond acceptors (Lipinski definition) is 3. The fourth-order valence-corrected chi connectivity index (χ4v) is 1.25. The van der Waals surface area contributed by atoms with Crippen LogP contribution in [0.25, 0.3) is 0 Å². The molecule has 4 nitrogen and oxygen atoms in total. The summed E-state index contributed by atoms with van der Waals surface area (Å²) in [6.07, 6.45) is 0.916. The number of methoxy groups -OCH3 is 1. The van der Waals surface area contributed by atoms with Gasteiger partial charge in [0.15, 0.2) is 0 Å². The quantitative estimate of drug-likeness (QED) is 0.799. The molecule has 0 spiro atoms. The fraction of sp³-hybridized carbons (Fsp3) is 0.364. The molecule has 0 unspecified atom stereocenters. The molecular weight excluding hydrogens is 211 g/mol. The SMILES string of the molecule is COc1ccc(F)cc1NC(=O)CCCN. The Morgan fingerprint density at radius 1 is 1.56 bits per heavy atom. The molecule has 1 aromatic rings. The van der Waals surface area contributed by atoms with Gasteiger partial charge in [-0.05, 0) is 25.1 Å². The Labute approximate surface area is 93.6 Å². The van der Waals surface area contributed by atoms with E-state index in [0.717, 1.165) is 0 Å². The summed E-state index contributed by atoms with van der Waals surface area (Å²) >= 11 is 0.